The van der Waals surface area contributed by atoms with Gasteiger partial charge in [0.1, 0.15) is 0 Å². The molecule has 0 amide bonds. The minimum Gasteiger partial charge on any atom is -0.726 e. The zero-order valence-corrected chi connectivity index (χ0v) is 25.2. The highest BCUT2D eigenvalue weighted by atomic mass is 32.3. The average Bonchev–Trinajstić information content (AvgIpc) is 3.00. The number of ether oxygens (including phenoxy) is 6. The van der Waals surface area contributed by atoms with Crippen LogP contribution in [0.3, 0.4) is 0 Å². The number of aromatic nitrogens is 1. The zero-order chi connectivity index (χ0) is 31.3. The summed E-state index contributed by atoms with van der Waals surface area (Å²) in [7, 11) is 4.92. The highest BCUT2D eigenvalue weighted by Crippen LogP contribution is 2.37. The second-order valence-corrected chi connectivity index (χ2v) is 9.92. The molecular weight excluding hydrogens is 578 g/mol. The molecule has 2 heterocycles. The molecule has 0 aliphatic rings. The molecule has 0 saturated heterocycles. The molecule has 3 aromatic carbocycles. The van der Waals surface area contributed by atoms with Gasteiger partial charge >= 0.3 is 0 Å². The number of nitrogens with zero attached hydrogens (tertiary/aromatic N) is 1. The summed E-state index contributed by atoms with van der Waals surface area (Å²) in [6, 6.07) is 18.1. The third-order valence-electron chi connectivity index (χ3n) is 6.72. The summed E-state index contributed by atoms with van der Waals surface area (Å²) in [5.74, 6) is 4.03. The van der Waals surface area contributed by atoms with Gasteiger partial charge in [0.15, 0.2) is 40.7 Å². The van der Waals surface area contributed by atoms with Gasteiger partial charge < -0.3 is 33.0 Å². The maximum Gasteiger partial charge on any atom is 0.219 e. The van der Waals surface area contributed by atoms with E-state index >= 15 is 0 Å². The van der Waals surface area contributed by atoms with E-state index in [1.54, 1.807) is 42.7 Å². The molecule has 12 heteroatoms. The number of pyridine rings is 2. The van der Waals surface area contributed by atoms with Crippen molar-refractivity contribution in [1.29, 1.82) is 0 Å². The van der Waals surface area contributed by atoms with Gasteiger partial charge in [0.05, 0.1) is 53.4 Å². The van der Waals surface area contributed by atoms with Crippen molar-refractivity contribution in [1.82, 2.24) is 0 Å². The molecule has 5 rings (SSSR count). The van der Waals surface area contributed by atoms with E-state index in [0.29, 0.717) is 34.5 Å². The summed E-state index contributed by atoms with van der Waals surface area (Å²) in [5, 5.41) is 4.09. The summed E-state index contributed by atoms with van der Waals surface area (Å²) in [6.07, 6.45) is 6.21. The Morgan fingerprint density at radius 2 is 1.12 bits per heavy atom. The lowest BCUT2D eigenvalue weighted by atomic mass is 10.0. The van der Waals surface area contributed by atoms with Gasteiger partial charge in [-0.15, -0.1) is 0 Å². The van der Waals surface area contributed by atoms with Crippen molar-refractivity contribution in [3.63, 3.8) is 0 Å². The molecule has 0 fully saturated rings. The molecule has 0 bridgehead atoms. The Bertz CT molecular complexity index is 1930. The number of fused-ring (bicyclic) bond motifs is 4. The van der Waals surface area contributed by atoms with Gasteiger partial charge in [-0.05, 0) is 58.8 Å². The zero-order valence-electron chi connectivity index (χ0n) is 24.4. The number of hydrogen-bond donors (Lipinski definition) is 1. The van der Waals surface area contributed by atoms with Crippen LogP contribution in [0.2, 0.25) is 0 Å². The van der Waals surface area contributed by atoms with Gasteiger partial charge in [0, 0.05) is 18.2 Å². The number of hydrogen-bond acceptors (Lipinski definition) is 9. The Kier molecular flexibility index (Phi) is 9.44. The van der Waals surface area contributed by atoms with Crippen molar-refractivity contribution in [3.05, 3.63) is 72.1 Å². The van der Waals surface area contributed by atoms with E-state index in [-0.39, 0.29) is 0 Å². The molecule has 0 unspecified atom stereocenters. The summed E-state index contributed by atoms with van der Waals surface area (Å²) < 4.78 is 68.3. The van der Waals surface area contributed by atoms with Gasteiger partial charge in [-0.1, -0.05) is 6.07 Å². The first-order chi connectivity index (χ1) is 20.5. The number of benzene rings is 3. The van der Waals surface area contributed by atoms with Crippen molar-refractivity contribution in [2.75, 3.05) is 42.7 Å². The SMILES string of the molecule is COc1ccc(/C=C/c2c3cc(OC)c(OC)cc3cc3c4cc(OC)c(OC)cc4cc[n+]23)cc1OC.O=S(=O)([O-])O. The summed E-state index contributed by atoms with van der Waals surface area (Å²) in [6.45, 7) is 0. The van der Waals surface area contributed by atoms with Crippen LogP contribution in [0.1, 0.15) is 11.3 Å². The molecule has 1 N–H and O–H groups in total. The van der Waals surface area contributed by atoms with Crippen LogP contribution in [0, 0.1) is 0 Å². The second-order valence-electron chi connectivity index (χ2n) is 9.06. The van der Waals surface area contributed by atoms with Gasteiger partial charge in [-0.3, -0.25) is 4.55 Å². The Labute approximate surface area is 249 Å². The van der Waals surface area contributed by atoms with Crippen LogP contribution >= 0.6 is 0 Å². The molecule has 0 aliphatic carbocycles. The van der Waals surface area contributed by atoms with Crippen molar-refractivity contribution in [2.24, 2.45) is 0 Å². The van der Waals surface area contributed by atoms with Gasteiger partial charge in [0.2, 0.25) is 21.6 Å². The minimum atomic E-state index is -4.92. The van der Waals surface area contributed by atoms with Crippen LogP contribution < -0.4 is 32.8 Å². The third-order valence-corrected chi connectivity index (χ3v) is 6.72. The minimum absolute atomic E-state index is 0.660. The summed E-state index contributed by atoms with van der Waals surface area (Å²) in [4.78, 5) is 0. The maximum absolute atomic E-state index is 8.63. The molecule has 43 heavy (non-hydrogen) atoms. The smallest absolute Gasteiger partial charge is 0.219 e. The Balaban J connectivity index is 0.000000782. The second kappa shape index (κ2) is 13.0. The van der Waals surface area contributed by atoms with Gasteiger partial charge in [-0.25, -0.2) is 8.42 Å². The molecule has 0 spiro atoms. The third kappa shape index (κ3) is 6.83. The lowest BCUT2D eigenvalue weighted by Crippen LogP contribution is -2.26. The molecule has 0 atom stereocenters. The van der Waals surface area contributed by atoms with Gasteiger partial charge in [0.25, 0.3) is 0 Å². The van der Waals surface area contributed by atoms with Crippen LogP contribution in [-0.4, -0.2) is 60.2 Å². The lowest BCUT2D eigenvalue weighted by Gasteiger charge is -2.12. The standard InChI is InChI=1S/C31H30NO6.H2O4S/c1-33-26-10-8-19(13-27(26)34-2)7-9-24-23-18-31(38-6)29(36-4)16-21(23)14-25-22-17-30(37-5)28(35-3)15-20(22)11-12-32(24)25;1-5(2,3)4/h7-18H,1-6H3;(H2,1,2,3,4)/q+1;/p-1/b9-7+;. The molecule has 2 aromatic heterocycles. The largest absolute Gasteiger partial charge is 0.726 e. The first-order valence-electron chi connectivity index (χ1n) is 12.7. The van der Waals surface area contributed by atoms with Crippen LogP contribution in [0.4, 0.5) is 0 Å². The topological polar surface area (TPSA) is 137 Å². The quantitative estimate of drug-likeness (QED) is 0.0845. The van der Waals surface area contributed by atoms with Crippen molar-refractivity contribution in [2.45, 2.75) is 0 Å². The summed E-state index contributed by atoms with van der Waals surface area (Å²) >= 11 is 0. The predicted molar refractivity (Wildman–Crippen MR) is 162 cm³/mol. The highest BCUT2D eigenvalue weighted by molar-refractivity contribution is 7.79. The molecular formula is C31H31NO10S. The van der Waals surface area contributed by atoms with Crippen molar-refractivity contribution < 1.29 is 50.3 Å². The van der Waals surface area contributed by atoms with E-state index in [2.05, 4.69) is 34.9 Å². The molecule has 0 radical (unpaired) electrons. The molecule has 0 aliphatic heterocycles. The van der Waals surface area contributed by atoms with Crippen LogP contribution in [-0.2, 0) is 10.4 Å². The fourth-order valence-corrected chi connectivity index (χ4v) is 4.79. The average molecular weight is 610 g/mol. The van der Waals surface area contributed by atoms with Gasteiger partial charge in [-0.2, -0.15) is 4.40 Å². The monoisotopic (exact) mass is 609 g/mol. The van der Waals surface area contributed by atoms with E-state index < -0.39 is 10.4 Å². The Morgan fingerprint density at radius 1 is 0.628 bits per heavy atom. The first-order valence-corrected chi connectivity index (χ1v) is 14.1. The number of rotatable bonds is 8. The fourth-order valence-electron chi connectivity index (χ4n) is 4.79. The van der Waals surface area contributed by atoms with Crippen molar-refractivity contribution >= 4 is 49.6 Å². The Morgan fingerprint density at radius 3 is 1.67 bits per heavy atom. The number of methoxy groups -OCH3 is 6. The van der Waals surface area contributed by atoms with E-state index in [0.717, 1.165) is 38.3 Å². The summed E-state index contributed by atoms with van der Waals surface area (Å²) in [5.41, 5.74) is 2.96. The normalized spacial score (nSPS) is 11.3. The molecule has 0 saturated carbocycles. The predicted octanol–water partition coefficient (Wildman–Crippen LogP) is 4.96. The fraction of sp³-hybridized carbons (Fsp3) is 0.194. The van der Waals surface area contributed by atoms with Crippen LogP contribution in [0.5, 0.6) is 34.5 Å². The van der Waals surface area contributed by atoms with Crippen LogP contribution in [0.25, 0.3) is 39.2 Å². The van der Waals surface area contributed by atoms with E-state index in [9.17, 15) is 0 Å². The van der Waals surface area contributed by atoms with E-state index in [1.807, 2.05) is 42.5 Å². The Hall–Kier alpha value is -4.78. The van der Waals surface area contributed by atoms with Crippen molar-refractivity contribution in [3.8, 4) is 34.5 Å². The molecule has 5 aromatic rings. The van der Waals surface area contributed by atoms with Crippen LogP contribution in [0.15, 0.2) is 60.8 Å². The maximum atomic E-state index is 8.63. The van der Waals surface area contributed by atoms with E-state index in [1.165, 1.54) is 0 Å². The molecule has 226 valence electrons. The van der Waals surface area contributed by atoms with E-state index in [4.69, 9.17) is 45.9 Å². The molecule has 11 nitrogen and oxygen atoms in total. The first kappa shape index (κ1) is 31.2. The lowest BCUT2D eigenvalue weighted by molar-refractivity contribution is -0.511. The highest BCUT2D eigenvalue weighted by Gasteiger charge is 2.20.